The number of imidazole rings is 1. The van der Waals surface area contributed by atoms with Crippen LogP contribution in [0, 0.1) is 0 Å². The molecule has 0 atom stereocenters. The molecule has 32 heavy (non-hydrogen) atoms. The van der Waals surface area contributed by atoms with Gasteiger partial charge in [-0.1, -0.05) is 11.6 Å². The summed E-state index contributed by atoms with van der Waals surface area (Å²) >= 11 is 6.00. The number of nitrogens with zero attached hydrogens (tertiary/aromatic N) is 5. The Bertz CT molecular complexity index is 1240. The lowest BCUT2D eigenvalue weighted by Crippen LogP contribution is -2.19. The maximum atomic E-state index is 13.9. The van der Waals surface area contributed by atoms with Crippen LogP contribution < -0.4 is 9.64 Å². The fourth-order valence-electron chi connectivity index (χ4n) is 2.99. The van der Waals surface area contributed by atoms with Crippen LogP contribution in [-0.2, 0) is 6.18 Å². The Morgan fingerprint density at radius 2 is 1.66 bits per heavy atom. The van der Waals surface area contributed by atoms with Crippen molar-refractivity contribution in [2.24, 2.45) is 0 Å². The third-order valence-electron chi connectivity index (χ3n) is 4.16. The van der Waals surface area contributed by atoms with Crippen LogP contribution in [0.5, 0.6) is 5.75 Å². The van der Waals surface area contributed by atoms with Gasteiger partial charge in [-0.3, -0.25) is 9.30 Å². The maximum Gasteiger partial charge on any atom is 0.573 e. The van der Waals surface area contributed by atoms with E-state index in [1.165, 1.54) is 30.6 Å². The minimum absolute atomic E-state index is 0.0109. The summed E-state index contributed by atoms with van der Waals surface area (Å²) in [5, 5.41) is 0.140. The molecule has 0 aliphatic heterocycles. The predicted octanol–water partition coefficient (Wildman–Crippen LogP) is 6.16. The van der Waals surface area contributed by atoms with Gasteiger partial charge in [0.15, 0.2) is 11.5 Å². The van der Waals surface area contributed by atoms with Gasteiger partial charge < -0.3 is 4.74 Å². The van der Waals surface area contributed by atoms with Crippen LogP contribution in [0.4, 0.5) is 43.7 Å². The molecule has 166 valence electrons. The van der Waals surface area contributed by atoms with Crippen LogP contribution >= 0.6 is 11.6 Å². The molecule has 4 aromatic rings. The summed E-state index contributed by atoms with van der Waals surface area (Å²) in [5.74, 6) is -0.990. The van der Waals surface area contributed by atoms with Gasteiger partial charge in [0.05, 0.1) is 5.02 Å². The molecule has 0 bridgehead atoms. The minimum Gasteiger partial charge on any atom is -0.406 e. The minimum atomic E-state index is -4.92. The van der Waals surface area contributed by atoms with Crippen molar-refractivity contribution >= 4 is 34.6 Å². The lowest BCUT2D eigenvalue weighted by molar-refractivity contribution is -0.274. The average molecular weight is 474 g/mol. The van der Waals surface area contributed by atoms with Crippen molar-refractivity contribution in [2.45, 2.75) is 12.5 Å². The van der Waals surface area contributed by atoms with Gasteiger partial charge in [-0.2, -0.15) is 13.2 Å². The molecule has 4 rings (SSSR count). The van der Waals surface area contributed by atoms with Crippen molar-refractivity contribution in [2.75, 3.05) is 4.90 Å². The molecule has 0 saturated heterocycles. The Kier molecular flexibility index (Phi) is 5.33. The zero-order chi connectivity index (χ0) is 23.1. The van der Waals surface area contributed by atoms with E-state index in [1.807, 2.05) is 0 Å². The zero-order valence-corrected chi connectivity index (χ0v) is 16.3. The fourth-order valence-corrected chi connectivity index (χ4v) is 3.15. The highest BCUT2D eigenvalue weighted by Gasteiger charge is 2.41. The van der Waals surface area contributed by atoms with E-state index in [0.29, 0.717) is 0 Å². The SMILES string of the molecule is FC(F)(F)Oc1ccc(N(c2ccncn2)c2c(C(F)(F)F)nc3ccc(Cl)cn23)cc1. The summed E-state index contributed by atoms with van der Waals surface area (Å²) in [6.07, 6.45) is -6.12. The van der Waals surface area contributed by atoms with Crippen LogP contribution in [-0.4, -0.2) is 25.7 Å². The first-order valence-electron chi connectivity index (χ1n) is 8.70. The fraction of sp³-hybridized carbons (Fsp3) is 0.105. The van der Waals surface area contributed by atoms with Gasteiger partial charge in [-0.05, 0) is 42.5 Å². The quantitative estimate of drug-likeness (QED) is 0.332. The normalized spacial score (nSPS) is 12.2. The van der Waals surface area contributed by atoms with Gasteiger partial charge in [0, 0.05) is 18.1 Å². The number of aromatic nitrogens is 4. The molecule has 3 aromatic heterocycles. The molecule has 1 aromatic carbocycles. The molecule has 6 nitrogen and oxygen atoms in total. The van der Waals surface area contributed by atoms with Gasteiger partial charge in [-0.15, -0.1) is 13.2 Å². The summed E-state index contributed by atoms with van der Waals surface area (Å²) in [4.78, 5) is 12.5. The Labute approximate surface area is 180 Å². The van der Waals surface area contributed by atoms with Crippen LogP contribution in [0.25, 0.3) is 5.65 Å². The van der Waals surface area contributed by atoms with Gasteiger partial charge in [-0.25, -0.2) is 15.0 Å². The van der Waals surface area contributed by atoms with Crippen LogP contribution in [0.2, 0.25) is 5.02 Å². The maximum absolute atomic E-state index is 13.9. The molecule has 0 N–H and O–H groups in total. The Balaban J connectivity index is 1.95. The molecule has 0 amide bonds. The number of alkyl halides is 6. The van der Waals surface area contributed by atoms with Crippen molar-refractivity contribution < 1.29 is 31.1 Å². The van der Waals surface area contributed by atoms with Crippen molar-refractivity contribution in [3.8, 4) is 5.75 Å². The predicted molar refractivity (Wildman–Crippen MR) is 102 cm³/mol. The lowest BCUT2D eigenvalue weighted by atomic mass is 10.2. The van der Waals surface area contributed by atoms with Gasteiger partial charge in [0.2, 0.25) is 0 Å². The molecular weight excluding hydrogens is 464 g/mol. The summed E-state index contributed by atoms with van der Waals surface area (Å²) in [6.45, 7) is 0. The first kappa shape index (κ1) is 21.7. The second-order valence-corrected chi connectivity index (χ2v) is 6.74. The average Bonchev–Trinajstić information content (AvgIpc) is 3.08. The monoisotopic (exact) mass is 473 g/mol. The number of benzene rings is 1. The number of hydrogen-bond donors (Lipinski definition) is 0. The van der Waals surface area contributed by atoms with E-state index in [1.54, 1.807) is 0 Å². The zero-order valence-electron chi connectivity index (χ0n) is 15.6. The van der Waals surface area contributed by atoms with Crippen molar-refractivity contribution in [3.63, 3.8) is 0 Å². The highest BCUT2D eigenvalue weighted by molar-refractivity contribution is 6.30. The van der Waals surface area contributed by atoms with E-state index in [-0.39, 0.29) is 22.2 Å². The summed E-state index contributed by atoms with van der Waals surface area (Å²) in [6, 6.07) is 8.29. The molecule has 0 radical (unpaired) electrons. The second-order valence-electron chi connectivity index (χ2n) is 6.30. The smallest absolute Gasteiger partial charge is 0.406 e. The van der Waals surface area contributed by atoms with E-state index < -0.39 is 29.8 Å². The van der Waals surface area contributed by atoms with Gasteiger partial charge in [0.25, 0.3) is 0 Å². The number of anilines is 3. The third kappa shape index (κ3) is 4.40. The molecule has 13 heteroatoms. The largest absolute Gasteiger partial charge is 0.573 e. The van der Waals surface area contributed by atoms with Gasteiger partial charge >= 0.3 is 12.5 Å². The molecular formula is C19H10ClF6N5O. The van der Waals surface area contributed by atoms with Crippen LogP contribution in [0.3, 0.4) is 0 Å². The van der Waals surface area contributed by atoms with E-state index in [0.717, 1.165) is 39.9 Å². The molecule has 0 saturated carbocycles. The highest BCUT2D eigenvalue weighted by Crippen LogP contribution is 2.43. The van der Waals surface area contributed by atoms with Gasteiger partial charge in [0.1, 0.15) is 23.5 Å². The van der Waals surface area contributed by atoms with Crippen LogP contribution in [0.15, 0.2) is 61.2 Å². The molecule has 0 unspecified atom stereocenters. The number of rotatable bonds is 4. The second kappa shape index (κ2) is 7.86. The Hall–Kier alpha value is -3.54. The number of pyridine rings is 1. The van der Waals surface area contributed by atoms with Crippen LogP contribution in [0.1, 0.15) is 5.69 Å². The number of hydrogen-bond acceptors (Lipinski definition) is 5. The van der Waals surface area contributed by atoms with E-state index in [9.17, 15) is 26.3 Å². The molecule has 0 aliphatic rings. The van der Waals surface area contributed by atoms with E-state index in [4.69, 9.17) is 11.6 Å². The first-order valence-corrected chi connectivity index (χ1v) is 9.07. The molecule has 0 aliphatic carbocycles. The van der Waals surface area contributed by atoms with E-state index in [2.05, 4.69) is 19.7 Å². The number of halogens is 7. The highest BCUT2D eigenvalue weighted by atomic mass is 35.5. The lowest BCUT2D eigenvalue weighted by Gasteiger charge is -2.25. The third-order valence-corrected chi connectivity index (χ3v) is 4.39. The molecule has 3 heterocycles. The number of ether oxygens (including phenoxy) is 1. The summed E-state index contributed by atoms with van der Waals surface area (Å²) in [5.41, 5.74) is -1.23. The van der Waals surface area contributed by atoms with Crippen molar-refractivity contribution in [1.29, 1.82) is 0 Å². The number of fused-ring (bicyclic) bond motifs is 1. The molecule has 0 fully saturated rings. The Morgan fingerprint density at radius 3 is 2.25 bits per heavy atom. The van der Waals surface area contributed by atoms with Crippen molar-refractivity contribution in [3.05, 3.63) is 71.9 Å². The topological polar surface area (TPSA) is 55.5 Å². The first-order chi connectivity index (χ1) is 15.0. The van der Waals surface area contributed by atoms with E-state index >= 15 is 0 Å². The van der Waals surface area contributed by atoms with Crippen molar-refractivity contribution in [1.82, 2.24) is 19.4 Å². The summed E-state index contributed by atoms with van der Waals surface area (Å²) in [7, 11) is 0. The summed E-state index contributed by atoms with van der Waals surface area (Å²) < 4.78 is 84.2. The Morgan fingerprint density at radius 1 is 0.938 bits per heavy atom. The standard InChI is InChI=1S/C19H10ClF6N5O/c20-11-1-6-15-29-16(18(21,22)23)17(30(15)9-11)31(14-7-8-27-10-28-14)12-2-4-13(5-3-12)32-19(24,25)26/h1-10H. The molecule has 0 spiro atoms.